The van der Waals surface area contributed by atoms with E-state index in [1.165, 1.54) is 83.5 Å². The second kappa shape index (κ2) is 16.1. The SMILES string of the molecule is O=[N+]([O-])c1cccc(OCCCCCN2CCCC2)c1.c1ccc(OCCCN2CCCC2)cc1. The minimum atomic E-state index is -0.400. The maximum Gasteiger partial charge on any atom is 0.273 e. The molecule has 0 radical (unpaired) electrons. The predicted molar refractivity (Wildman–Crippen MR) is 140 cm³/mol. The molecule has 7 heteroatoms. The van der Waals surface area contributed by atoms with Gasteiger partial charge >= 0.3 is 0 Å². The van der Waals surface area contributed by atoms with Crippen molar-refractivity contribution in [3.8, 4) is 11.5 Å². The lowest BCUT2D eigenvalue weighted by atomic mass is 10.2. The molecular weight excluding hydrogens is 442 g/mol. The number of para-hydroxylation sites is 1. The molecule has 2 saturated heterocycles. The molecule has 0 spiro atoms. The van der Waals surface area contributed by atoms with Crippen LogP contribution in [-0.2, 0) is 0 Å². The number of hydrogen-bond acceptors (Lipinski definition) is 6. The van der Waals surface area contributed by atoms with Gasteiger partial charge in [0.15, 0.2) is 0 Å². The van der Waals surface area contributed by atoms with Gasteiger partial charge in [0.25, 0.3) is 5.69 Å². The Balaban J connectivity index is 0.000000203. The number of hydrogen-bond donors (Lipinski definition) is 0. The largest absolute Gasteiger partial charge is 0.494 e. The van der Waals surface area contributed by atoms with E-state index < -0.39 is 4.92 Å². The van der Waals surface area contributed by atoms with Crippen molar-refractivity contribution >= 4 is 5.69 Å². The molecule has 2 aromatic rings. The number of nitro benzene ring substituents is 1. The molecule has 4 rings (SSSR count). The molecule has 2 aliphatic heterocycles. The third kappa shape index (κ3) is 11.1. The smallest absolute Gasteiger partial charge is 0.273 e. The van der Waals surface area contributed by atoms with Crippen LogP contribution in [0.3, 0.4) is 0 Å². The first-order chi connectivity index (χ1) is 17.2. The van der Waals surface area contributed by atoms with Gasteiger partial charge in [-0.05, 0) is 102 Å². The quantitative estimate of drug-likeness (QED) is 0.204. The number of likely N-dealkylation sites (tertiary alicyclic amines) is 2. The van der Waals surface area contributed by atoms with Gasteiger partial charge in [0.05, 0.1) is 24.2 Å². The molecule has 0 aromatic heterocycles. The summed E-state index contributed by atoms with van der Waals surface area (Å²) in [5, 5.41) is 10.6. The van der Waals surface area contributed by atoms with Crippen molar-refractivity contribution in [2.75, 3.05) is 52.5 Å². The van der Waals surface area contributed by atoms with Crippen LogP contribution in [0.4, 0.5) is 5.69 Å². The first kappa shape index (κ1) is 27.0. The lowest BCUT2D eigenvalue weighted by molar-refractivity contribution is -0.384. The van der Waals surface area contributed by atoms with Crippen molar-refractivity contribution in [2.45, 2.75) is 51.4 Å². The third-order valence-corrected chi connectivity index (χ3v) is 6.44. The monoisotopic (exact) mass is 483 g/mol. The molecule has 35 heavy (non-hydrogen) atoms. The van der Waals surface area contributed by atoms with Crippen LogP contribution in [0.15, 0.2) is 54.6 Å². The molecule has 0 N–H and O–H groups in total. The number of benzene rings is 2. The second-order valence-corrected chi connectivity index (χ2v) is 9.28. The number of nitro groups is 1. The van der Waals surface area contributed by atoms with E-state index in [9.17, 15) is 10.1 Å². The van der Waals surface area contributed by atoms with Crippen molar-refractivity contribution in [2.24, 2.45) is 0 Å². The van der Waals surface area contributed by atoms with Crippen LogP contribution in [0.25, 0.3) is 0 Å². The molecule has 2 heterocycles. The molecule has 0 atom stereocenters. The van der Waals surface area contributed by atoms with Crippen molar-refractivity contribution in [1.82, 2.24) is 9.80 Å². The normalized spacial score (nSPS) is 16.0. The molecule has 0 unspecified atom stereocenters. The lowest BCUT2D eigenvalue weighted by Crippen LogP contribution is -2.21. The number of non-ortho nitro benzene ring substituents is 1. The molecule has 192 valence electrons. The van der Waals surface area contributed by atoms with Crippen LogP contribution in [0.2, 0.25) is 0 Å². The summed E-state index contributed by atoms with van der Waals surface area (Å²) in [6, 6.07) is 16.4. The molecule has 0 bridgehead atoms. The fraction of sp³-hybridized carbons (Fsp3) is 0.571. The summed E-state index contributed by atoms with van der Waals surface area (Å²) < 4.78 is 11.2. The molecule has 0 saturated carbocycles. The van der Waals surface area contributed by atoms with Gasteiger partial charge < -0.3 is 19.3 Å². The summed E-state index contributed by atoms with van der Waals surface area (Å²) in [6.45, 7) is 8.91. The average molecular weight is 484 g/mol. The molecule has 0 aliphatic carbocycles. The van der Waals surface area contributed by atoms with Gasteiger partial charge in [-0.2, -0.15) is 0 Å². The Kier molecular flexibility index (Phi) is 12.4. The van der Waals surface area contributed by atoms with E-state index in [2.05, 4.69) is 9.80 Å². The molecule has 0 amide bonds. The summed E-state index contributed by atoms with van der Waals surface area (Å²) in [5.74, 6) is 1.57. The Labute approximate surface area is 210 Å². The van der Waals surface area contributed by atoms with Gasteiger partial charge in [0.2, 0.25) is 0 Å². The highest BCUT2D eigenvalue weighted by Gasteiger charge is 2.11. The third-order valence-electron chi connectivity index (χ3n) is 6.44. The first-order valence-corrected chi connectivity index (χ1v) is 13.2. The first-order valence-electron chi connectivity index (χ1n) is 13.2. The minimum absolute atomic E-state index is 0.0801. The molecule has 7 nitrogen and oxygen atoms in total. The van der Waals surface area contributed by atoms with Gasteiger partial charge in [-0.25, -0.2) is 0 Å². The summed E-state index contributed by atoms with van der Waals surface area (Å²) >= 11 is 0. The van der Waals surface area contributed by atoms with Crippen LogP contribution in [-0.4, -0.2) is 67.2 Å². The standard InChI is InChI=1S/C15H22N2O3.C13H19NO/c18-17(19)14-7-6-8-15(13-14)20-12-5-1-2-9-16-10-3-4-11-16;1-2-7-13(8-3-1)15-12-6-11-14-9-4-5-10-14/h6-8,13H,1-5,9-12H2;1-3,7-8H,4-6,9-12H2. The molecule has 2 aliphatic rings. The number of nitrogens with zero attached hydrogens (tertiary/aromatic N) is 3. The van der Waals surface area contributed by atoms with E-state index >= 15 is 0 Å². The summed E-state index contributed by atoms with van der Waals surface area (Å²) in [6.07, 6.45) is 9.92. The number of unbranched alkanes of at least 4 members (excludes halogenated alkanes) is 2. The van der Waals surface area contributed by atoms with Gasteiger partial charge in [-0.1, -0.05) is 24.3 Å². The minimum Gasteiger partial charge on any atom is -0.494 e. The zero-order valence-electron chi connectivity index (χ0n) is 21.0. The van der Waals surface area contributed by atoms with E-state index in [0.717, 1.165) is 31.6 Å². The van der Waals surface area contributed by atoms with Crippen LogP contribution < -0.4 is 9.47 Å². The Bertz CT molecular complexity index is 837. The van der Waals surface area contributed by atoms with E-state index in [1.807, 2.05) is 30.3 Å². The molecular formula is C28H41N3O4. The van der Waals surface area contributed by atoms with E-state index in [4.69, 9.17) is 9.47 Å². The van der Waals surface area contributed by atoms with Crippen molar-refractivity contribution in [3.63, 3.8) is 0 Å². The predicted octanol–water partition coefficient (Wildman–Crippen LogP) is 5.79. The van der Waals surface area contributed by atoms with Crippen LogP contribution in [0.5, 0.6) is 11.5 Å². The van der Waals surface area contributed by atoms with E-state index in [1.54, 1.807) is 12.1 Å². The Morgan fingerprint density at radius 2 is 1.26 bits per heavy atom. The van der Waals surface area contributed by atoms with Gasteiger partial charge in [0, 0.05) is 12.6 Å². The van der Waals surface area contributed by atoms with Crippen LogP contribution >= 0.6 is 0 Å². The van der Waals surface area contributed by atoms with Gasteiger partial charge in [0.1, 0.15) is 11.5 Å². The highest BCUT2D eigenvalue weighted by molar-refractivity contribution is 5.37. The Hall–Kier alpha value is -2.64. The number of ether oxygens (including phenoxy) is 2. The highest BCUT2D eigenvalue weighted by Crippen LogP contribution is 2.19. The maximum atomic E-state index is 10.6. The fourth-order valence-corrected chi connectivity index (χ4v) is 4.50. The molecule has 2 fully saturated rings. The van der Waals surface area contributed by atoms with Crippen molar-refractivity contribution in [3.05, 3.63) is 64.7 Å². The lowest BCUT2D eigenvalue weighted by Gasteiger charge is -2.14. The fourth-order valence-electron chi connectivity index (χ4n) is 4.50. The van der Waals surface area contributed by atoms with Gasteiger partial charge in [-0.3, -0.25) is 10.1 Å². The summed E-state index contributed by atoms with van der Waals surface area (Å²) in [5.41, 5.74) is 0.0801. The summed E-state index contributed by atoms with van der Waals surface area (Å²) in [7, 11) is 0. The van der Waals surface area contributed by atoms with E-state index in [-0.39, 0.29) is 5.69 Å². The Morgan fingerprint density at radius 1 is 0.686 bits per heavy atom. The summed E-state index contributed by atoms with van der Waals surface area (Å²) in [4.78, 5) is 15.3. The average Bonchev–Trinajstić information content (AvgIpc) is 3.60. The Morgan fingerprint density at radius 3 is 1.91 bits per heavy atom. The number of rotatable bonds is 13. The zero-order valence-corrected chi connectivity index (χ0v) is 21.0. The van der Waals surface area contributed by atoms with Crippen molar-refractivity contribution in [1.29, 1.82) is 0 Å². The molecule has 2 aromatic carbocycles. The highest BCUT2D eigenvalue weighted by atomic mass is 16.6. The zero-order chi connectivity index (χ0) is 24.6. The van der Waals surface area contributed by atoms with Crippen LogP contribution in [0, 0.1) is 10.1 Å². The maximum absolute atomic E-state index is 10.6. The van der Waals surface area contributed by atoms with Crippen LogP contribution in [0.1, 0.15) is 51.4 Å². The van der Waals surface area contributed by atoms with Crippen molar-refractivity contribution < 1.29 is 14.4 Å². The van der Waals surface area contributed by atoms with Gasteiger partial charge in [-0.15, -0.1) is 0 Å². The van der Waals surface area contributed by atoms with E-state index in [0.29, 0.717) is 12.4 Å². The topological polar surface area (TPSA) is 68.1 Å². The second-order valence-electron chi connectivity index (χ2n) is 9.28.